The molecule has 0 amide bonds. The number of nitrogens with zero attached hydrogens (tertiary/aromatic N) is 2. The maximum absolute atomic E-state index is 12.5. The lowest BCUT2D eigenvalue weighted by Crippen LogP contribution is -2.56. The Labute approximate surface area is 199 Å². The molecule has 30 heavy (non-hydrogen) atoms. The van der Waals surface area contributed by atoms with Crippen LogP contribution in [-0.2, 0) is 12.1 Å². The molecule has 7 heteroatoms. The third-order valence-electron chi connectivity index (χ3n) is 5.34. The number of hydrogen-bond donors (Lipinski definition) is 0. The molecule has 0 bridgehead atoms. The number of rotatable bonds is 4. The van der Waals surface area contributed by atoms with E-state index < -0.39 is 11.1 Å². The summed E-state index contributed by atoms with van der Waals surface area (Å²) in [5.74, 6) is 0.313. The molecule has 4 nitrogen and oxygen atoms in total. The molecule has 0 N–H and O–H groups in total. The van der Waals surface area contributed by atoms with Crippen LogP contribution >= 0.6 is 33.4 Å². The van der Waals surface area contributed by atoms with Gasteiger partial charge in [-0.25, -0.2) is 4.68 Å². The first-order valence-corrected chi connectivity index (χ1v) is 15.7. The fourth-order valence-corrected chi connectivity index (χ4v) is 9.85. The summed E-state index contributed by atoms with van der Waals surface area (Å²) in [5, 5.41) is 6.16. The third kappa shape index (κ3) is 4.96. The van der Waals surface area contributed by atoms with Gasteiger partial charge < -0.3 is 4.74 Å². The van der Waals surface area contributed by atoms with Gasteiger partial charge in [0, 0.05) is 0 Å². The van der Waals surface area contributed by atoms with Crippen LogP contribution < -0.4 is 15.5 Å². The molecule has 1 heterocycles. The van der Waals surface area contributed by atoms with Crippen molar-refractivity contribution in [1.29, 1.82) is 0 Å². The highest BCUT2D eigenvalue weighted by molar-refractivity contribution is 14.1. The molecule has 0 aliphatic rings. The zero-order valence-electron chi connectivity index (χ0n) is 19.6. The van der Waals surface area contributed by atoms with Crippen LogP contribution in [0.3, 0.4) is 0 Å². The quantitative estimate of drug-likeness (QED) is 0.246. The highest BCUT2D eigenvalue weighted by Gasteiger charge is 2.52. The minimum atomic E-state index is -1.83. The Balaban J connectivity index is 2.26. The van der Waals surface area contributed by atoms with E-state index >= 15 is 0 Å². The molecule has 0 aliphatic carbocycles. The summed E-state index contributed by atoms with van der Waals surface area (Å²) in [6.07, 6.45) is 1.52. The van der Waals surface area contributed by atoms with Gasteiger partial charge in [-0.1, -0.05) is 77.4 Å². The van der Waals surface area contributed by atoms with Gasteiger partial charge in [0.15, 0.2) is 16.3 Å². The molecule has 0 saturated carbocycles. The second-order valence-corrected chi connectivity index (χ2v) is 21.0. The predicted octanol–water partition coefficient (Wildman–Crippen LogP) is 6.42. The first-order chi connectivity index (χ1) is 13.5. The summed E-state index contributed by atoms with van der Waals surface area (Å²) < 4.78 is 7.21. The van der Waals surface area contributed by atoms with E-state index in [2.05, 4.69) is 92.7 Å². The lowest BCUT2D eigenvalue weighted by molar-refractivity contribution is 0.292. The van der Waals surface area contributed by atoms with Gasteiger partial charge in [-0.3, -0.25) is 4.79 Å². The standard InChI is InChI=1S/C23H34ClIN2O2Si/c1-21(2,3)27-20(28)19(24)18(14-26-27)29-15-16-10-12-17(13-11-16)30(25,22(4,5)6)23(7,8)9/h10-14H,15H2,1-9H3. The first kappa shape index (κ1) is 25.4. The fraction of sp³-hybridized carbons (Fsp3) is 0.565. The van der Waals surface area contributed by atoms with Gasteiger partial charge in [-0.15, -0.1) is 21.8 Å². The molecule has 1 aromatic heterocycles. The summed E-state index contributed by atoms with van der Waals surface area (Å²) in [6, 6.07) is 8.71. The number of hydrogen-bond acceptors (Lipinski definition) is 3. The van der Waals surface area contributed by atoms with Gasteiger partial charge >= 0.3 is 0 Å². The van der Waals surface area contributed by atoms with Crippen LogP contribution in [0.4, 0.5) is 0 Å². The number of halogens is 2. The summed E-state index contributed by atoms with van der Waals surface area (Å²) in [6.45, 7) is 20.2. The second kappa shape index (κ2) is 8.58. The van der Waals surface area contributed by atoms with Crippen molar-refractivity contribution < 1.29 is 4.74 Å². The van der Waals surface area contributed by atoms with E-state index in [1.54, 1.807) is 0 Å². The molecule has 1 aromatic carbocycles. The molecule has 0 radical (unpaired) electrons. The Hall–Kier alpha value is -0.863. The largest absolute Gasteiger partial charge is 0.485 e. The van der Waals surface area contributed by atoms with Crippen molar-refractivity contribution in [3.63, 3.8) is 0 Å². The first-order valence-electron chi connectivity index (χ1n) is 10.2. The van der Waals surface area contributed by atoms with Crippen molar-refractivity contribution in [3.05, 3.63) is 51.4 Å². The van der Waals surface area contributed by atoms with E-state index in [1.807, 2.05) is 20.8 Å². The van der Waals surface area contributed by atoms with Gasteiger partial charge in [0.25, 0.3) is 5.56 Å². The molecule has 2 rings (SSSR count). The van der Waals surface area contributed by atoms with E-state index in [0.29, 0.717) is 12.4 Å². The van der Waals surface area contributed by atoms with E-state index in [-0.39, 0.29) is 20.7 Å². The third-order valence-corrected chi connectivity index (χ3v) is 22.5. The average Bonchev–Trinajstić information content (AvgIpc) is 2.59. The van der Waals surface area contributed by atoms with Crippen LogP contribution in [0.25, 0.3) is 0 Å². The smallest absolute Gasteiger partial charge is 0.289 e. The Bertz CT molecular complexity index is 938. The number of benzene rings is 1. The van der Waals surface area contributed by atoms with Gasteiger partial charge in [-0.2, -0.15) is 5.10 Å². The van der Waals surface area contributed by atoms with Crippen molar-refractivity contribution in [3.8, 4) is 5.75 Å². The van der Waals surface area contributed by atoms with Gasteiger partial charge in [0.05, 0.1) is 11.7 Å². The maximum atomic E-state index is 12.5. The van der Waals surface area contributed by atoms with Gasteiger partial charge in [0.1, 0.15) is 6.61 Å². The lowest BCUT2D eigenvalue weighted by Gasteiger charge is -2.48. The zero-order chi connectivity index (χ0) is 23.1. The van der Waals surface area contributed by atoms with Crippen LogP contribution in [-0.4, -0.2) is 15.4 Å². The molecule has 0 spiro atoms. The van der Waals surface area contributed by atoms with Crippen molar-refractivity contribution in [2.24, 2.45) is 0 Å². The molecule has 2 aromatic rings. The SMILES string of the molecule is CC(C)(C)n1ncc(OCc2ccc([Si](I)(C(C)(C)C)C(C)(C)C)cc2)c(Cl)c1=O. The summed E-state index contributed by atoms with van der Waals surface area (Å²) in [5.41, 5.74) is -1.57. The Morgan fingerprint density at radius 2 is 1.50 bits per heavy atom. The van der Waals surface area contributed by atoms with Crippen LogP contribution in [0.2, 0.25) is 15.1 Å². The van der Waals surface area contributed by atoms with E-state index in [0.717, 1.165) is 5.56 Å². The number of ether oxygens (including phenoxy) is 1. The fourth-order valence-electron chi connectivity index (χ4n) is 3.98. The van der Waals surface area contributed by atoms with Crippen LogP contribution in [0.1, 0.15) is 67.9 Å². The molecule has 0 unspecified atom stereocenters. The summed E-state index contributed by atoms with van der Waals surface area (Å²) in [7, 11) is 0. The van der Waals surface area contributed by atoms with Crippen molar-refractivity contribution >= 4 is 44.2 Å². The van der Waals surface area contributed by atoms with E-state index in [1.165, 1.54) is 16.1 Å². The number of aromatic nitrogens is 2. The Morgan fingerprint density at radius 1 is 1.00 bits per heavy atom. The lowest BCUT2D eigenvalue weighted by atomic mass is 10.1. The van der Waals surface area contributed by atoms with Crippen molar-refractivity contribution in [2.45, 2.75) is 84.5 Å². The normalized spacial score (nSPS) is 13.4. The molecule has 0 aliphatic heterocycles. The molecule has 0 atom stereocenters. The van der Waals surface area contributed by atoms with Crippen LogP contribution in [0, 0.1) is 0 Å². The Kier molecular flexibility index (Phi) is 7.27. The molecule has 0 fully saturated rings. The minimum absolute atomic E-state index is 0.0655. The molecular formula is C23H34ClIN2O2Si. The summed E-state index contributed by atoms with van der Waals surface area (Å²) in [4.78, 5) is 12.5. The maximum Gasteiger partial charge on any atom is 0.289 e. The topological polar surface area (TPSA) is 44.1 Å². The van der Waals surface area contributed by atoms with E-state index in [4.69, 9.17) is 16.3 Å². The van der Waals surface area contributed by atoms with Crippen molar-refractivity contribution in [1.82, 2.24) is 9.78 Å². The zero-order valence-corrected chi connectivity index (χ0v) is 23.5. The molecule has 0 saturated heterocycles. The highest BCUT2D eigenvalue weighted by atomic mass is 127. The minimum Gasteiger partial charge on any atom is -0.485 e. The molecule has 166 valence electrons. The Morgan fingerprint density at radius 3 is 1.93 bits per heavy atom. The van der Waals surface area contributed by atoms with E-state index in [9.17, 15) is 4.79 Å². The average molecular weight is 561 g/mol. The molecular weight excluding hydrogens is 527 g/mol. The van der Waals surface area contributed by atoms with Crippen LogP contribution in [0.15, 0.2) is 35.3 Å². The van der Waals surface area contributed by atoms with Gasteiger partial charge in [0.2, 0.25) is 0 Å². The second-order valence-electron chi connectivity index (χ2n) is 10.9. The highest BCUT2D eigenvalue weighted by Crippen LogP contribution is 2.54. The van der Waals surface area contributed by atoms with Crippen molar-refractivity contribution in [2.75, 3.05) is 0 Å². The monoisotopic (exact) mass is 560 g/mol. The van der Waals surface area contributed by atoms with Gasteiger partial charge in [-0.05, 0) is 41.6 Å². The summed E-state index contributed by atoms with van der Waals surface area (Å²) >= 11 is 9.02. The van der Waals surface area contributed by atoms with Crippen LogP contribution in [0.5, 0.6) is 5.75 Å². The predicted molar refractivity (Wildman–Crippen MR) is 138 cm³/mol.